The van der Waals surface area contributed by atoms with Gasteiger partial charge in [0.25, 0.3) is 0 Å². The quantitative estimate of drug-likeness (QED) is 0.677. The van der Waals surface area contributed by atoms with Crippen LogP contribution in [-0.4, -0.2) is 51.6 Å². The van der Waals surface area contributed by atoms with E-state index in [1.807, 2.05) is 11.1 Å². The highest BCUT2D eigenvalue weighted by Gasteiger charge is 2.30. The standard InChI is InChI=1S/C20H22FN5OS/c21-16-5-3-14(4-6-16)17-13-26-19(22-17)28-20(23-26)25-11-7-15(8-12-25)18(27)24-9-1-2-10-24/h3-6,13,15H,1-2,7-12H2. The van der Waals surface area contributed by atoms with Gasteiger partial charge in [0.2, 0.25) is 16.0 Å². The van der Waals surface area contributed by atoms with E-state index in [-0.39, 0.29) is 11.7 Å². The summed E-state index contributed by atoms with van der Waals surface area (Å²) in [4.78, 5) is 22.3. The lowest BCUT2D eigenvalue weighted by molar-refractivity contribution is -0.135. The van der Waals surface area contributed by atoms with Crippen LogP contribution in [-0.2, 0) is 4.79 Å². The van der Waals surface area contributed by atoms with Gasteiger partial charge in [-0.15, -0.1) is 5.10 Å². The molecule has 0 aliphatic carbocycles. The first-order valence-corrected chi connectivity index (χ1v) is 10.6. The normalized spacial score (nSPS) is 18.3. The molecule has 0 N–H and O–H groups in total. The highest BCUT2D eigenvalue weighted by Crippen LogP contribution is 2.30. The van der Waals surface area contributed by atoms with E-state index in [1.54, 1.807) is 28.0 Å². The van der Waals surface area contributed by atoms with E-state index in [1.165, 1.54) is 12.1 Å². The maximum atomic E-state index is 13.1. The van der Waals surface area contributed by atoms with E-state index in [2.05, 4.69) is 15.0 Å². The lowest BCUT2D eigenvalue weighted by atomic mass is 9.95. The Kier molecular flexibility index (Phi) is 4.50. The SMILES string of the molecule is O=C(C1CCN(c2nn3cc(-c4ccc(F)cc4)nc3s2)CC1)N1CCCC1. The summed E-state index contributed by atoms with van der Waals surface area (Å²) in [5.41, 5.74) is 1.67. The van der Waals surface area contributed by atoms with Gasteiger partial charge < -0.3 is 9.80 Å². The van der Waals surface area contributed by atoms with Gasteiger partial charge in [0.05, 0.1) is 11.9 Å². The Morgan fingerprint density at radius 2 is 1.79 bits per heavy atom. The van der Waals surface area contributed by atoms with E-state index in [0.29, 0.717) is 5.91 Å². The summed E-state index contributed by atoms with van der Waals surface area (Å²) in [6, 6.07) is 6.33. The molecule has 1 aromatic carbocycles. The monoisotopic (exact) mass is 399 g/mol. The van der Waals surface area contributed by atoms with Gasteiger partial charge >= 0.3 is 0 Å². The maximum Gasteiger partial charge on any atom is 0.225 e. The van der Waals surface area contributed by atoms with Gasteiger partial charge in [-0.05, 0) is 49.9 Å². The molecule has 0 atom stereocenters. The van der Waals surface area contributed by atoms with Crippen LogP contribution in [0.5, 0.6) is 0 Å². The Hall–Kier alpha value is -2.48. The number of fused-ring (bicyclic) bond motifs is 1. The van der Waals surface area contributed by atoms with Gasteiger partial charge in [-0.2, -0.15) is 0 Å². The number of imidazole rings is 1. The van der Waals surface area contributed by atoms with Crippen molar-refractivity contribution >= 4 is 27.3 Å². The number of likely N-dealkylation sites (tertiary alicyclic amines) is 1. The van der Waals surface area contributed by atoms with Gasteiger partial charge in [-0.25, -0.2) is 13.9 Å². The lowest BCUT2D eigenvalue weighted by Gasteiger charge is -2.32. The molecule has 0 radical (unpaired) electrons. The predicted molar refractivity (Wildman–Crippen MR) is 107 cm³/mol. The average Bonchev–Trinajstić information content (AvgIpc) is 3.44. The van der Waals surface area contributed by atoms with E-state index in [9.17, 15) is 9.18 Å². The molecule has 0 spiro atoms. The number of hydrogen-bond donors (Lipinski definition) is 0. The van der Waals surface area contributed by atoms with Crippen LogP contribution in [0.1, 0.15) is 25.7 Å². The zero-order valence-electron chi connectivity index (χ0n) is 15.6. The second-order valence-corrected chi connectivity index (χ2v) is 8.47. The number of anilines is 1. The minimum absolute atomic E-state index is 0.156. The van der Waals surface area contributed by atoms with Crippen molar-refractivity contribution in [2.45, 2.75) is 25.7 Å². The Balaban J connectivity index is 1.26. The lowest BCUT2D eigenvalue weighted by Crippen LogP contribution is -2.41. The summed E-state index contributed by atoms with van der Waals surface area (Å²) < 4.78 is 14.9. The summed E-state index contributed by atoms with van der Waals surface area (Å²) in [6.45, 7) is 3.57. The van der Waals surface area contributed by atoms with E-state index in [4.69, 9.17) is 0 Å². The number of piperidine rings is 1. The van der Waals surface area contributed by atoms with Gasteiger partial charge in [-0.1, -0.05) is 11.3 Å². The zero-order valence-corrected chi connectivity index (χ0v) is 16.4. The first-order chi connectivity index (χ1) is 13.7. The largest absolute Gasteiger partial charge is 0.347 e. The summed E-state index contributed by atoms with van der Waals surface area (Å²) in [6.07, 6.45) is 5.94. The molecular weight excluding hydrogens is 377 g/mol. The Labute approximate surface area is 166 Å². The van der Waals surface area contributed by atoms with Gasteiger partial charge in [-0.3, -0.25) is 4.79 Å². The minimum atomic E-state index is -0.253. The molecule has 2 aliphatic rings. The molecule has 2 aromatic heterocycles. The molecule has 5 rings (SSSR count). The highest BCUT2D eigenvalue weighted by molar-refractivity contribution is 7.20. The highest BCUT2D eigenvalue weighted by atomic mass is 32.1. The molecule has 0 saturated carbocycles. The summed E-state index contributed by atoms with van der Waals surface area (Å²) in [5.74, 6) is 0.246. The average molecular weight is 399 g/mol. The number of hydrogen-bond acceptors (Lipinski definition) is 5. The molecule has 8 heteroatoms. The van der Waals surface area contributed by atoms with Crippen molar-refractivity contribution in [3.05, 3.63) is 36.3 Å². The fourth-order valence-corrected chi connectivity index (χ4v) is 5.03. The summed E-state index contributed by atoms with van der Waals surface area (Å²) >= 11 is 1.55. The van der Waals surface area contributed by atoms with Crippen LogP contribution in [0.4, 0.5) is 9.52 Å². The molecule has 1 amide bonds. The third kappa shape index (κ3) is 3.26. The third-order valence-electron chi connectivity index (χ3n) is 5.70. The van der Waals surface area contributed by atoms with Crippen molar-refractivity contribution in [2.24, 2.45) is 5.92 Å². The topological polar surface area (TPSA) is 53.7 Å². The second-order valence-electron chi connectivity index (χ2n) is 7.54. The molecule has 3 aromatic rings. The number of amides is 1. The predicted octanol–water partition coefficient (Wildman–Crippen LogP) is 3.44. The van der Waals surface area contributed by atoms with Crippen molar-refractivity contribution in [1.82, 2.24) is 19.5 Å². The smallest absolute Gasteiger partial charge is 0.225 e. The molecule has 2 fully saturated rings. The first-order valence-electron chi connectivity index (χ1n) is 9.83. The molecule has 2 saturated heterocycles. The fraction of sp³-hybridized carbons (Fsp3) is 0.450. The number of halogens is 1. The van der Waals surface area contributed by atoms with Crippen molar-refractivity contribution in [2.75, 3.05) is 31.1 Å². The molecule has 4 heterocycles. The van der Waals surface area contributed by atoms with Crippen LogP contribution < -0.4 is 4.90 Å². The molecule has 0 bridgehead atoms. The zero-order chi connectivity index (χ0) is 19.1. The van der Waals surface area contributed by atoms with Crippen molar-refractivity contribution in [3.63, 3.8) is 0 Å². The Morgan fingerprint density at radius 3 is 2.46 bits per heavy atom. The molecule has 6 nitrogen and oxygen atoms in total. The van der Waals surface area contributed by atoms with Crippen LogP contribution in [0.3, 0.4) is 0 Å². The second kappa shape index (κ2) is 7.16. The maximum absolute atomic E-state index is 13.1. The summed E-state index contributed by atoms with van der Waals surface area (Å²) in [5, 5.41) is 5.62. The number of aromatic nitrogens is 3. The molecule has 28 heavy (non-hydrogen) atoms. The number of rotatable bonds is 3. The first kappa shape index (κ1) is 17.6. The molecule has 0 unspecified atom stereocenters. The van der Waals surface area contributed by atoms with E-state index in [0.717, 1.165) is 73.2 Å². The Morgan fingerprint density at radius 1 is 1.07 bits per heavy atom. The fourth-order valence-electron chi connectivity index (χ4n) is 4.09. The van der Waals surface area contributed by atoms with E-state index >= 15 is 0 Å². The molecule has 146 valence electrons. The van der Waals surface area contributed by atoms with Crippen LogP contribution in [0.25, 0.3) is 16.2 Å². The van der Waals surface area contributed by atoms with Crippen LogP contribution in [0.15, 0.2) is 30.5 Å². The van der Waals surface area contributed by atoms with Crippen LogP contribution in [0, 0.1) is 11.7 Å². The number of carbonyl (C=O) groups is 1. The number of carbonyl (C=O) groups excluding carboxylic acids is 1. The van der Waals surface area contributed by atoms with Gasteiger partial charge in [0, 0.05) is 37.7 Å². The molecule has 2 aliphatic heterocycles. The summed E-state index contributed by atoms with van der Waals surface area (Å²) in [7, 11) is 0. The molecular formula is C20H22FN5OS. The van der Waals surface area contributed by atoms with Crippen LogP contribution >= 0.6 is 11.3 Å². The van der Waals surface area contributed by atoms with Gasteiger partial charge in [0.15, 0.2) is 0 Å². The Bertz CT molecular complexity index is 952. The third-order valence-corrected chi connectivity index (χ3v) is 6.69. The van der Waals surface area contributed by atoms with E-state index < -0.39 is 0 Å². The number of nitrogens with zero attached hydrogens (tertiary/aromatic N) is 5. The minimum Gasteiger partial charge on any atom is -0.347 e. The van der Waals surface area contributed by atoms with Gasteiger partial charge in [0.1, 0.15) is 5.82 Å². The van der Waals surface area contributed by atoms with Crippen molar-refractivity contribution in [3.8, 4) is 11.3 Å². The number of benzene rings is 1. The van der Waals surface area contributed by atoms with Crippen LogP contribution in [0.2, 0.25) is 0 Å². The van der Waals surface area contributed by atoms with Crippen molar-refractivity contribution in [1.29, 1.82) is 0 Å². The van der Waals surface area contributed by atoms with Crippen molar-refractivity contribution < 1.29 is 9.18 Å².